The van der Waals surface area contributed by atoms with Crippen LogP contribution in [0.1, 0.15) is 17.7 Å². The molecule has 0 radical (unpaired) electrons. The van der Waals surface area contributed by atoms with Gasteiger partial charge in [-0.05, 0) is 30.7 Å². The highest BCUT2D eigenvalue weighted by atomic mass is 35.5. The van der Waals surface area contributed by atoms with E-state index in [1.807, 2.05) is 6.07 Å². The van der Waals surface area contributed by atoms with Crippen molar-refractivity contribution in [3.05, 3.63) is 49.9 Å². The molecule has 0 spiro atoms. The molecule has 134 valence electrons. The predicted octanol–water partition coefficient (Wildman–Crippen LogP) is 1.92. The minimum atomic E-state index is -0.237. The zero-order valence-electron chi connectivity index (χ0n) is 13.5. The zero-order valence-corrected chi connectivity index (χ0v) is 15.0. The zero-order chi connectivity index (χ0) is 17.8. The SMILES string of the molecule is NCc1nc(NCc2ccc(Cl)c(Cl)c2)[nH]c(=O)c1NC1CCNC1. The average molecular weight is 383 g/mol. The van der Waals surface area contributed by atoms with Gasteiger partial charge in [0, 0.05) is 25.7 Å². The van der Waals surface area contributed by atoms with Gasteiger partial charge in [0.15, 0.2) is 0 Å². The number of rotatable bonds is 6. The van der Waals surface area contributed by atoms with Crippen LogP contribution in [0.2, 0.25) is 10.0 Å². The maximum absolute atomic E-state index is 12.4. The van der Waals surface area contributed by atoms with Crippen molar-refractivity contribution in [2.45, 2.75) is 25.6 Å². The molecule has 1 aromatic carbocycles. The molecular formula is C16H20Cl2N6O. The van der Waals surface area contributed by atoms with Crippen molar-refractivity contribution in [3.8, 4) is 0 Å². The van der Waals surface area contributed by atoms with Crippen LogP contribution in [-0.4, -0.2) is 29.1 Å². The lowest BCUT2D eigenvalue weighted by Crippen LogP contribution is -2.29. The Kier molecular flexibility index (Phi) is 5.80. The van der Waals surface area contributed by atoms with Gasteiger partial charge in [-0.3, -0.25) is 9.78 Å². The molecule has 1 aliphatic heterocycles. The summed E-state index contributed by atoms with van der Waals surface area (Å²) in [5.74, 6) is 0.367. The number of anilines is 2. The Morgan fingerprint density at radius 2 is 2.16 bits per heavy atom. The van der Waals surface area contributed by atoms with E-state index in [2.05, 4.69) is 25.9 Å². The van der Waals surface area contributed by atoms with Gasteiger partial charge in [-0.25, -0.2) is 4.98 Å². The minimum Gasteiger partial charge on any atom is -0.375 e. The third-order valence-corrected chi connectivity index (χ3v) is 4.78. The van der Waals surface area contributed by atoms with Gasteiger partial charge in [-0.1, -0.05) is 29.3 Å². The number of benzene rings is 1. The van der Waals surface area contributed by atoms with Crippen molar-refractivity contribution < 1.29 is 0 Å². The van der Waals surface area contributed by atoms with Crippen LogP contribution in [0.5, 0.6) is 0 Å². The Labute approximate surface area is 155 Å². The van der Waals surface area contributed by atoms with Gasteiger partial charge in [-0.15, -0.1) is 0 Å². The van der Waals surface area contributed by atoms with Crippen molar-refractivity contribution >= 4 is 34.8 Å². The Balaban J connectivity index is 1.74. The van der Waals surface area contributed by atoms with Crippen molar-refractivity contribution in [2.75, 3.05) is 23.7 Å². The summed E-state index contributed by atoms with van der Waals surface area (Å²) in [7, 11) is 0. The van der Waals surface area contributed by atoms with E-state index in [4.69, 9.17) is 28.9 Å². The summed E-state index contributed by atoms with van der Waals surface area (Å²) in [5, 5.41) is 10.5. The van der Waals surface area contributed by atoms with Gasteiger partial charge in [0.05, 0.1) is 15.7 Å². The molecule has 9 heteroatoms. The summed E-state index contributed by atoms with van der Waals surface area (Å²) >= 11 is 11.9. The first-order valence-electron chi connectivity index (χ1n) is 8.05. The van der Waals surface area contributed by atoms with Crippen LogP contribution in [0, 0.1) is 0 Å². The molecule has 0 saturated carbocycles. The summed E-state index contributed by atoms with van der Waals surface area (Å²) in [6, 6.07) is 5.56. The average Bonchev–Trinajstić information content (AvgIpc) is 3.11. The van der Waals surface area contributed by atoms with Gasteiger partial charge in [0.1, 0.15) is 5.69 Å². The molecule has 0 bridgehead atoms. The number of nitrogens with two attached hydrogens (primary N) is 1. The second kappa shape index (κ2) is 8.05. The van der Waals surface area contributed by atoms with E-state index in [-0.39, 0.29) is 18.1 Å². The van der Waals surface area contributed by atoms with Crippen LogP contribution >= 0.6 is 23.2 Å². The van der Waals surface area contributed by atoms with E-state index in [1.165, 1.54) is 0 Å². The van der Waals surface area contributed by atoms with Gasteiger partial charge >= 0.3 is 0 Å². The highest BCUT2D eigenvalue weighted by Gasteiger charge is 2.18. The normalized spacial score (nSPS) is 16.8. The maximum atomic E-state index is 12.4. The molecule has 2 heterocycles. The molecule has 25 heavy (non-hydrogen) atoms. The smallest absolute Gasteiger partial charge is 0.275 e. The highest BCUT2D eigenvalue weighted by Crippen LogP contribution is 2.23. The fourth-order valence-electron chi connectivity index (χ4n) is 2.72. The molecule has 1 unspecified atom stereocenters. The minimum absolute atomic E-state index is 0.174. The van der Waals surface area contributed by atoms with Gasteiger partial charge in [0.25, 0.3) is 5.56 Å². The van der Waals surface area contributed by atoms with E-state index in [9.17, 15) is 4.79 Å². The van der Waals surface area contributed by atoms with Crippen LogP contribution in [-0.2, 0) is 13.1 Å². The van der Waals surface area contributed by atoms with Crippen molar-refractivity contribution in [3.63, 3.8) is 0 Å². The van der Waals surface area contributed by atoms with Crippen LogP contribution in [0.3, 0.4) is 0 Å². The number of H-pyrrole nitrogens is 1. The summed E-state index contributed by atoms with van der Waals surface area (Å²) in [6.45, 7) is 2.38. The second-order valence-electron chi connectivity index (χ2n) is 5.88. The standard InChI is InChI=1S/C16H20Cl2N6O/c17-11-2-1-9(5-12(11)18)7-21-16-23-13(6-19)14(15(25)24-16)22-10-3-4-20-8-10/h1-2,5,10,20,22H,3-4,6-8,19H2,(H2,21,23,24,25). The Morgan fingerprint density at radius 3 is 2.84 bits per heavy atom. The molecule has 1 fully saturated rings. The van der Waals surface area contributed by atoms with Crippen molar-refractivity contribution in [1.82, 2.24) is 15.3 Å². The molecule has 3 rings (SSSR count). The molecule has 1 aliphatic rings. The van der Waals surface area contributed by atoms with Crippen LogP contribution in [0.15, 0.2) is 23.0 Å². The first-order chi connectivity index (χ1) is 12.1. The number of nitrogens with one attached hydrogen (secondary N) is 4. The number of halogens is 2. The fourth-order valence-corrected chi connectivity index (χ4v) is 3.04. The van der Waals surface area contributed by atoms with E-state index in [1.54, 1.807) is 12.1 Å². The Hall–Kier alpha value is -1.80. The van der Waals surface area contributed by atoms with E-state index in [0.717, 1.165) is 25.1 Å². The topological polar surface area (TPSA) is 108 Å². The largest absolute Gasteiger partial charge is 0.375 e. The van der Waals surface area contributed by atoms with Crippen LogP contribution < -0.4 is 27.2 Å². The quantitative estimate of drug-likeness (QED) is 0.522. The number of nitrogens with zero attached hydrogens (tertiary/aromatic N) is 1. The molecule has 1 aromatic heterocycles. The lowest BCUT2D eigenvalue weighted by Gasteiger charge is -2.16. The first-order valence-corrected chi connectivity index (χ1v) is 8.80. The predicted molar refractivity (Wildman–Crippen MR) is 101 cm³/mol. The van der Waals surface area contributed by atoms with Gasteiger partial charge < -0.3 is 21.7 Å². The fraction of sp³-hybridized carbons (Fsp3) is 0.375. The third-order valence-electron chi connectivity index (χ3n) is 4.04. The molecule has 0 amide bonds. The van der Waals surface area contributed by atoms with Gasteiger partial charge in [0.2, 0.25) is 5.95 Å². The Bertz CT molecular complexity index is 804. The Morgan fingerprint density at radius 1 is 1.32 bits per heavy atom. The molecule has 1 atom stereocenters. The third kappa shape index (κ3) is 4.43. The van der Waals surface area contributed by atoms with Crippen molar-refractivity contribution in [1.29, 1.82) is 0 Å². The maximum Gasteiger partial charge on any atom is 0.275 e. The van der Waals surface area contributed by atoms with Crippen LogP contribution in [0.4, 0.5) is 11.6 Å². The summed E-state index contributed by atoms with van der Waals surface area (Å²) < 4.78 is 0. The monoisotopic (exact) mass is 382 g/mol. The molecule has 6 N–H and O–H groups in total. The summed E-state index contributed by atoms with van der Waals surface area (Å²) in [4.78, 5) is 19.6. The molecule has 2 aromatic rings. The van der Waals surface area contributed by atoms with E-state index < -0.39 is 0 Å². The lowest BCUT2D eigenvalue weighted by atomic mass is 10.2. The molecule has 0 aliphatic carbocycles. The van der Waals surface area contributed by atoms with Crippen molar-refractivity contribution in [2.24, 2.45) is 5.73 Å². The number of hydrogen-bond acceptors (Lipinski definition) is 6. The molecule has 7 nitrogen and oxygen atoms in total. The second-order valence-corrected chi connectivity index (χ2v) is 6.69. The number of aromatic amines is 1. The molecular weight excluding hydrogens is 363 g/mol. The van der Waals surface area contributed by atoms with E-state index in [0.29, 0.717) is 33.9 Å². The van der Waals surface area contributed by atoms with Gasteiger partial charge in [-0.2, -0.15) is 0 Å². The summed E-state index contributed by atoms with van der Waals surface area (Å²) in [6.07, 6.45) is 0.959. The number of aromatic nitrogens is 2. The van der Waals surface area contributed by atoms with E-state index >= 15 is 0 Å². The summed E-state index contributed by atoms with van der Waals surface area (Å²) in [5.41, 5.74) is 7.44. The van der Waals surface area contributed by atoms with Crippen LogP contribution in [0.25, 0.3) is 0 Å². The number of hydrogen-bond donors (Lipinski definition) is 5. The highest BCUT2D eigenvalue weighted by molar-refractivity contribution is 6.42. The first kappa shape index (κ1) is 18.0. The molecule has 1 saturated heterocycles. The lowest BCUT2D eigenvalue weighted by molar-refractivity contribution is 0.783.